The third-order valence-electron chi connectivity index (χ3n) is 11.6. The monoisotopic (exact) mass is 744 g/mol. The first-order valence-electron chi connectivity index (χ1n) is 20.2. The molecule has 2 nitrogen and oxygen atoms in total. The molecular formula is C56H44N2. The summed E-state index contributed by atoms with van der Waals surface area (Å²) in [5.74, 6) is 0. The highest BCUT2D eigenvalue weighted by molar-refractivity contribution is 6.09. The number of aromatic nitrogens is 1. The fourth-order valence-electron chi connectivity index (χ4n) is 8.39. The van der Waals surface area contributed by atoms with Gasteiger partial charge in [0.25, 0.3) is 0 Å². The zero-order valence-electron chi connectivity index (χ0n) is 33.1. The smallest absolute Gasteiger partial charge is 0.0541 e. The molecule has 0 bridgehead atoms. The van der Waals surface area contributed by atoms with Crippen LogP contribution < -0.4 is 4.90 Å². The Hall–Kier alpha value is -7.16. The molecule has 0 aliphatic rings. The maximum absolute atomic E-state index is 2.37. The van der Waals surface area contributed by atoms with E-state index in [1.54, 1.807) is 0 Å². The molecule has 2 heteroatoms. The second-order valence-corrected chi connectivity index (χ2v) is 16.3. The van der Waals surface area contributed by atoms with Crippen LogP contribution in [0.15, 0.2) is 212 Å². The maximum Gasteiger partial charge on any atom is 0.0541 e. The van der Waals surface area contributed by atoms with Crippen LogP contribution in [0.25, 0.3) is 71.6 Å². The molecule has 0 N–H and O–H groups in total. The number of hydrogen-bond donors (Lipinski definition) is 0. The van der Waals surface area contributed by atoms with Crippen LogP contribution in [0.5, 0.6) is 0 Å². The predicted octanol–water partition coefficient (Wildman–Crippen LogP) is 15.7. The average molecular weight is 745 g/mol. The summed E-state index contributed by atoms with van der Waals surface area (Å²) in [5.41, 5.74) is 15.6. The van der Waals surface area contributed by atoms with E-state index in [0.29, 0.717) is 0 Å². The minimum absolute atomic E-state index is 0.122. The molecular weight excluding hydrogens is 701 g/mol. The Morgan fingerprint density at radius 1 is 0.345 bits per heavy atom. The topological polar surface area (TPSA) is 8.17 Å². The van der Waals surface area contributed by atoms with Crippen molar-refractivity contribution in [1.29, 1.82) is 0 Å². The molecule has 0 atom stereocenters. The van der Waals surface area contributed by atoms with E-state index in [-0.39, 0.29) is 5.41 Å². The minimum atomic E-state index is 0.122. The van der Waals surface area contributed by atoms with E-state index in [1.165, 1.54) is 71.5 Å². The molecule has 0 aliphatic carbocycles. The first kappa shape index (κ1) is 35.3. The molecule has 10 aromatic rings. The Labute approximate surface area is 340 Å². The largest absolute Gasteiger partial charge is 0.311 e. The van der Waals surface area contributed by atoms with Crippen LogP contribution in [0.4, 0.5) is 17.1 Å². The average Bonchev–Trinajstić information content (AvgIpc) is 3.61. The van der Waals surface area contributed by atoms with E-state index < -0.39 is 0 Å². The van der Waals surface area contributed by atoms with E-state index in [1.807, 2.05) is 0 Å². The first-order chi connectivity index (χ1) is 28.4. The second kappa shape index (κ2) is 14.4. The van der Waals surface area contributed by atoms with E-state index in [9.17, 15) is 0 Å². The van der Waals surface area contributed by atoms with Crippen molar-refractivity contribution in [2.24, 2.45) is 0 Å². The van der Waals surface area contributed by atoms with Crippen molar-refractivity contribution >= 4 is 49.6 Å². The summed E-state index contributed by atoms with van der Waals surface area (Å²) in [7, 11) is 0. The van der Waals surface area contributed by atoms with Crippen molar-refractivity contribution < 1.29 is 0 Å². The van der Waals surface area contributed by atoms with Crippen molar-refractivity contribution in [3.8, 4) is 39.1 Å². The van der Waals surface area contributed by atoms with Gasteiger partial charge in [0.05, 0.1) is 11.0 Å². The van der Waals surface area contributed by atoms with Crippen LogP contribution in [-0.2, 0) is 5.41 Å². The standard InChI is InChI=1S/C56H44N2/c1-56(2,3)47-28-22-41(23-29-47)43-26-32-49(33-27-43)57(50-34-36-51(37-35-50)58-54-14-8-6-12-52(54)53-13-7-9-15-55(53)58)48-30-24-42(25-31-48)40-16-18-44(19-17-40)46-21-20-39-10-4-5-11-45(39)38-46/h4-38H,1-3H3. The van der Waals surface area contributed by atoms with Gasteiger partial charge in [-0.2, -0.15) is 0 Å². The van der Waals surface area contributed by atoms with Gasteiger partial charge in [-0.05, 0) is 122 Å². The lowest BCUT2D eigenvalue weighted by Crippen LogP contribution is -2.10. The molecule has 10 rings (SSSR count). The molecule has 58 heavy (non-hydrogen) atoms. The molecule has 0 unspecified atom stereocenters. The van der Waals surface area contributed by atoms with E-state index in [0.717, 1.165) is 22.7 Å². The highest BCUT2D eigenvalue weighted by Gasteiger charge is 2.17. The maximum atomic E-state index is 2.37. The quantitative estimate of drug-likeness (QED) is 0.158. The van der Waals surface area contributed by atoms with Gasteiger partial charge in [-0.15, -0.1) is 0 Å². The molecule has 1 aromatic heterocycles. The zero-order valence-corrected chi connectivity index (χ0v) is 33.1. The van der Waals surface area contributed by atoms with E-state index in [2.05, 4.69) is 243 Å². The lowest BCUT2D eigenvalue weighted by Gasteiger charge is -2.26. The summed E-state index contributed by atoms with van der Waals surface area (Å²) in [6.07, 6.45) is 0. The molecule has 0 radical (unpaired) electrons. The zero-order chi connectivity index (χ0) is 39.2. The van der Waals surface area contributed by atoms with Crippen LogP contribution in [-0.4, -0.2) is 4.57 Å². The van der Waals surface area contributed by atoms with E-state index >= 15 is 0 Å². The fraction of sp³-hybridized carbons (Fsp3) is 0.0714. The van der Waals surface area contributed by atoms with Crippen molar-refractivity contribution in [2.75, 3.05) is 4.90 Å². The molecule has 0 fully saturated rings. The molecule has 0 spiro atoms. The molecule has 1 heterocycles. The summed E-state index contributed by atoms with van der Waals surface area (Å²) in [6, 6.07) is 77.5. The molecule has 9 aromatic carbocycles. The summed E-state index contributed by atoms with van der Waals surface area (Å²) in [4.78, 5) is 2.36. The molecule has 0 saturated heterocycles. The van der Waals surface area contributed by atoms with E-state index in [4.69, 9.17) is 0 Å². The summed E-state index contributed by atoms with van der Waals surface area (Å²) in [6.45, 7) is 6.78. The minimum Gasteiger partial charge on any atom is -0.311 e. The lowest BCUT2D eigenvalue weighted by atomic mass is 9.86. The van der Waals surface area contributed by atoms with Crippen molar-refractivity contribution in [2.45, 2.75) is 26.2 Å². The fourth-order valence-corrected chi connectivity index (χ4v) is 8.39. The van der Waals surface area contributed by atoms with Gasteiger partial charge < -0.3 is 9.47 Å². The van der Waals surface area contributed by atoms with Gasteiger partial charge in [0.15, 0.2) is 0 Å². The number of nitrogens with zero attached hydrogens (tertiary/aromatic N) is 2. The molecule has 0 saturated carbocycles. The van der Waals surface area contributed by atoms with Crippen LogP contribution in [0.2, 0.25) is 0 Å². The van der Waals surface area contributed by atoms with Crippen LogP contribution in [0.1, 0.15) is 26.3 Å². The second-order valence-electron chi connectivity index (χ2n) is 16.3. The van der Waals surface area contributed by atoms with Gasteiger partial charge in [-0.3, -0.25) is 0 Å². The molecule has 0 aliphatic heterocycles. The van der Waals surface area contributed by atoms with Crippen LogP contribution >= 0.6 is 0 Å². The molecule has 278 valence electrons. The van der Waals surface area contributed by atoms with Crippen molar-refractivity contribution in [1.82, 2.24) is 4.57 Å². The molecule has 0 amide bonds. The van der Waals surface area contributed by atoms with Gasteiger partial charge in [0.1, 0.15) is 0 Å². The highest BCUT2D eigenvalue weighted by atomic mass is 15.1. The third kappa shape index (κ3) is 6.53. The number of para-hydroxylation sites is 2. The third-order valence-corrected chi connectivity index (χ3v) is 11.6. The first-order valence-corrected chi connectivity index (χ1v) is 20.2. The van der Waals surface area contributed by atoms with Crippen molar-refractivity contribution in [3.63, 3.8) is 0 Å². The Morgan fingerprint density at radius 3 is 1.22 bits per heavy atom. The highest BCUT2D eigenvalue weighted by Crippen LogP contribution is 2.39. The Kier molecular flexibility index (Phi) is 8.76. The Morgan fingerprint density at radius 2 is 0.724 bits per heavy atom. The number of benzene rings is 9. The number of rotatable bonds is 7. The number of fused-ring (bicyclic) bond motifs is 4. The van der Waals surface area contributed by atoms with Gasteiger partial charge in [-0.25, -0.2) is 0 Å². The summed E-state index contributed by atoms with van der Waals surface area (Å²) >= 11 is 0. The number of hydrogen-bond acceptors (Lipinski definition) is 1. The predicted molar refractivity (Wildman–Crippen MR) is 248 cm³/mol. The lowest BCUT2D eigenvalue weighted by molar-refractivity contribution is 0.590. The van der Waals surface area contributed by atoms with Gasteiger partial charge in [0.2, 0.25) is 0 Å². The van der Waals surface area contributed by atoms with Gasteiger partial charge in [0, 0.05) is 33.5 Å². The number of anilines is 3. The van der Waals surface area contributed by atoms with Crippen LogP contribution in [0.3, 0.4) is 0 Å². The summed E-state index contributed by atoms with van der Waals surface area (Å²) in [5, 5.41) is 5.05. The SMILES string of the molecule is CC(C)(C)c1ccc(-c2ccc(N(c3ccc(-c4ccc(-c5ccc6ccccc6c5)cc4)cc3)c3ccc(-n4c5ccccc5c5ccccc54)cc3)cc2)cc1. The van der Waals surface area contributed by atoms with Gasteiger partial charge >= 0.3 is 0 Å². The normalized spacial score (nSPS) is 11.7. The van der Waals surface area contributed by atoms with Gasteiger partial charge in [-0.1, -0.05) is 166 Å². The Balaban J connectivity index is 0.996. The van der Waals surface area contributed by atoms with Crippen molar-refractivity contribution in [3.05, 3.63) is 218 Å². The summed E-state index contributed by atoms with van der Waals surface area (Å²) < 4.78 is 2.37. The van der Waals surface area contributed by atoms with Crippen LogP contribution in [0, 0.1) is 0 Å². The Bertz CT molecular complexity index is 2980.